The van der Waals surface area contributed by atoms with Crippen molar-refractivity contribution in [2.45, 2.75) is 46.2 Å². The summed E-state index contributed by atoms with van der Waals surface area (Å²) < 4.78 is 1.90. The second-order valence-electron chi connectivity index (χ2n) is 8.25. The van der Waals surface area contributed by atoms with Crippen LogP contribution in [0.25, 0.3) is 11.3 Å². The van der Waals surface area contributed by atoms with E-state index >= 15 is 0 Å². The lowest BCUT2D eigenvalue weighted by Gasteiger charge is -2.26. The highest BCUT2D eigenvalue weighted by atomic mass is 16.2. The molecule has 1 aliphatic heterocycles. The molecule has 166 valence electrons. The van der Waals surface area contributed by atoms with E-state index in [1.807, 2.05) is 42.2 Å². The zero-order valence-electron chi connectivity index (χ0n) is 18.6. The van der Waals surface area contributed by atoms with Crippen LogP contribution < -0.4 is 16.0 Å². The molecule has 0 aliphatic carbocycles. The zero-order chi connectivity index (χ0) is 22.8. The zero-order valence-corrected chi connectivity index (χ0v) is 18.6. The Kier molecular flexibility index (Phi) is 6.00. The lowest BCUT2D eigenvalue weighted by Crippen LogP contribution is -2.42. The molecule has 2 aromatic heterocycles. The number of hydrogen-bond acceptors (Lipinski definition) is 7. The fourth-order valence-corrected chi connectivity index (χ4v) is 3.79. The summed E-state index contributed by atoms with van der Waals surface area (Å²) in [7, 11) is 0. The summed E-state index contributed by atoms with van der Waals surface area (Å²) in [6, 6.07) is 5.52. The first-order chi connectivity index (χ1) is 15.3. The number of amides is 2. The van der Waals surface area contributed by atoms with Crippen LogP contribution in [0.2, 0.25) is 0 Å². The molecule has 3 heterocycles. The van der Waals surface area contributed by atoms with E-state index in [9.17, 15) is 9.59 Å². The minimum Gasteiger partial charge on any atom is -0.324 e. The van der Waals surface area contributed by atoms with Crippen molar-refractivity contribution in [1.82, 2.24) is 30.4 Å². The lowest BCUT2D eigenvalue weighted by molar-refractivity contribution is -0.130. The van der Waals surface area contributed by atoms with Crippen LogP contribution in [-0.2, 0) is 16.0 Å². The maximum atomic E-state index is 12.4. The Hall–Kier alpha value is -3.59. The van der Waals surface area contributed by atoms with Crippen molar-refractivity contribution < 1.29 is 9.59 Å². The molecule has 1 unspecified atom stereocenters. The van der Waals surface area contributed by atoms with Gasteiger partial charge in [-0.2, -0.15) is 5.10 Å². The third-order valence-corrected chi connectivity index (χ3v) is 5.39. The van der Waals surface area contributed by atoms with E-state index in [1.54, 1.807) is 6.20 Å². The Balaban J connectivity index is 1.57. The van der Waals surface area contributed by atoms with Crippen molar-refractivity contribution >= 4 is 23.5 Å². The summed E-state index contributed by atoms with van der Waals surface area (Å²) in [6.45, 7) is 8.12. The molecule has 1 atom stereocenters. The number of nitrogens with one attached hydrogen (secondary N) is 3. The number of anilines is 2. The first-order valence-electron chi connectivity index (χ1n) is 10.6. The van der Waals surface area contributed by atoms with E-state index in [0.717, 1.165) is 40.1 Å². The molecule has 0 saturated carbocycles. The van der Waals surface area contributed by atoms with Gasteiger partial charge in [0.1, 0.15) is 6.04 Å². The third kappa shape index (κ3) is 4.52. The second-order valence-corrected chi connectivity index (χ2v) is 8.25. The van der Waals surface area contributed by atoms with Gasteiger partial charge in [0.2, 0.25) is 17.8 Å². The molecular formula is C23H27N7O2. The maximum absolute atomic E-state index is 12.4. The van der Waals surface area contributed by atoms with Crippen molar-refractivity contribution in [2.75, 3.05) is 11.9 Å². The molecule has 9 nitrogen and oxygen atoms in total. The SMILES string of the molecule is CC(=O)NC(=O)C1NCCc2cc(Nc3ncc(C)c(-c4cnn(C(C)C)c4)n3)ccc21. The van der Waals surface area contributed by atoms with Crippen molar-refractivity contribution in [1.29, 1.82) is 0 Å². The van der Waals surface area contributed by atoms with E-state index in [2.05, 4.69) is 39.9 Å². The standard InChI is InChI=1S/C23H27N7O2/c1-13(2)30-12-17(11-26-30)20-14(3)10-25-23(29-20)28-18-5-6-19-16(9-18)7-8-24-21(19)22(32)27-15(4)31/h5-6,9-13,21,24H,7-8H2,1-4H3,(H,25,28,29)(H,27,31,32). The first-order valence-corrected chi connectivity index (χ1v) is 10.6. The molecule has 0 spiro atoms. The highest BCUT2D eigenvalue weighted by Gasteiger charge is 2.26. The summed E-state index contributed by atoms with van der Waals surface area (Å²) in [4.78, 5) is 32.8. The van der Waals surface area contributed by atoms with Gasteiger partial charge < -0.3 is 10.6 Å². The molecule has 9 heteroatoms. The fourth-order valence-electron chi connectivity index (χ4n) is 3.79. The van der Waals surface area contributed by atoms with Crippen molar-refractivity contribution in [3.8, 4) is 11.3 Å². The normalized spacial score (nSPS) is 15.3. The number of carbonyl (C=O) groups excluding carboxylic acids is 2. The minimum atomic E-state index is -0.545. The summed E-state index contributed by atoms with van der Waals surface area (Å²) in [5.41, 5.74) is 5.49. The van der Waals surface area contributed by atoms with Crippen LogP contribution >= 0.6 is 0 Å². The largest absolute Gasteiger partial charge is 0.324 e. The minimum absolute atomic E-state index is 0.273. The van der Waals surface area contributed by atoms with Gasteiger partial charge in [-0.1, -0.05) is 6.07 Å². The second kappa shape index (κ2) is 8.88. The van der Waals surface area contributed by atoms with E-state index in [0.29, 0.717) is 12.5 Å². The molecule has 1 aromatic carbocycles. The first kappa shape index (κ1) is 21.6. The summed E-state index contributed by atoms with van der Waals surface area (Å²) in [5.74, 6) is -0.219. The number of nitrogens with zero attached hydrogens (tertiary/aromatic N) is 4. The number of rotatable bonds is 5. The van der Waals surface area contributed by atoms with Gasteiger partial charge in [0, 0.05) is 43.2 Å². The Morgan fingerprint density at radius 2 is 2.06 bits per heavy atom. The summed E-state index contributed by atoms with van der Waals surface area (Å²) in [5, 5.41) is 13.2. The highest BCUT2D eigenvalue weighted by molar-refractivity contribution is 5.97. The molecule has 2 amide bonds. The van der Waals surface area contributed by atoms with E-state index in [-0.39, 0.29) is 17.9 Å². The average Bonchev–Trinajstić information content (AvgIpc) is 3.24. The molecule has 4 rings (SSSR count). The Labute approximate surface area is 186 Å². The molecule has 1 aliphatic rings. The highest BCUT2D eigenvalue weighted by Crippen LogP contribution is 2.28. The molecule has 0 bridgehead atoms. The Morgan fingerprint density at radius 3 is 2.78 bits per heavy atom. The van der Waals surface area contributed by atoms with Crippen LogP contribution in [0.5, 0.6) is 0 Å². The Morgan fingerprint density at radius 1 is 1.25 bits per heavy atom. The predicted molar refractivity (Wildman–Crippen MR) is 121 cm³/mol. The van der Waals surface area contributed by atoms with Crippen molar-refractivity contribution in [3.63, 3.8) is 0 Å². The van der Waals surface area contributed by atoms with Gasteiger partial charge >= 0.3 is 0 Å². The van der Waals surface area contributed by atoms with Gasteiger partial charge in [0.05, 0.1) is 11.9 Å². The number of hydrogen-bond donors (Lipinski definition) is 3. The molecule has 3 aromatic rings. The lowest BCUT2D eigenvalue weighted by atomic mass is 9.93. The third-order valence-electron chi connectivity index (χ3n) is 5.39. The van der Waals surface area contributed by atoms with Crippen LogP contribution in [0, 0.1) is 6.92 Å². The molecule has 0 saturated heterocycles. The van der Waals surface area contributed by atoms with Crippen LogP contribution in [-0.4, -0.2) is 38.1 Å². The monoisotopic (exact) mass is 433 g/mol. The quantitative estimate of drug-likeness (QED) is 0.567. The number of fused-ring (bicyclic) bond motifs is 1. The molecule has 0 radical (unpaired) electrons. The van der Waals surface area contributed by atoms with Gasteiger partial charge in [-0.3, -0.25) is 19.6 Å². The van der Waals surface area contributed by atoms with Crippen LogP contribution in [0.15, 0.2) is 36.8 Å². The van der Waals surface area contributed by atoms with E-state index in [1.165, 1.54) is 6.92 Å². The van der Waals surface area contributed by atoms with Crippen molar-refractivity contribution in [3.05, 3.63) is 53.5 Å². The van der Waals surface area contributed by atoms with Crippen LogP contribution in [0.3, 0.4) is 0 Å². The van der Waals surface area contributed by atoms with Gasteiger partial charge in [-0.15, -0.1) is 0 Å². The van der Waals surface area contributed by atoms with Gasteiger partial charge in [0.15, 0.2) is 0 Å². The predicted octanol–water partition coefficient (Wildman–Crippen LogP) is 2.82. The smallest absolute Gasteiger partial charge is 0.248 e. The number of benzene rings is 1. The van der Waals surface area contributed by atoms with Crippen LogP contribution in [0.4, 0.5) is 11.6 Å². The molecular weight excluding hydrogens is 406 g/mol. The summed E-state index contributed by atoms with van der Waals surface area (Å²) >= 11 is 0. The number of aryl methyl sites for hydroxylation is 1. The van der Waals surface area contributed by atoms with E-state index in [4.69, 9.17) is 4.98 Å². The Bertz CT molecular complexity index is 1170. The van der Waals surface area contributed by atoms with Gasteiger partial charge in [-0.25, -0.2) is 9.97 Å². The average molecular weight is 434 g/mol. The molecule has 0 fully saturated rings. The van der Waals surface area contributed by atoms with E-state index < -0.39 is 6.04 Å². The number of aromatic nitrogens is 4. The van der Waals surface area contributed by atoms with Crippen molar-refractivity contribution in [2.24, 2.45) is 0 Å². The van der Waals surface area contributed by atoms with Gasteiger partial charge in [-0.05, 0) is 56.0 Å². The van der Waals surface area contributed by atoms with Crippen LogP contribution in [0.1, 0.15) is 49.5 Å². The molecule has 32 heavy (non-hydrogen) atoms. The fraction of sp³-hybridized carbons (Fsp3) is 0.348. The maximum Gasteiger partial charge on any atom is 0.248 e. The number of imide groups is 1. The molecule has 3 N–H and O–H groups in total. The topological polar surface area (TPSA) is 114 Å². The number of carbonyl (C=O) groups is 2. The summed E-state index contributed by atoms with van der Waals surface area (Å²) in [6.07, 6.45) is 6.38. The van der Waals surface area contributed by atoms with Gasteiger partial charge in [0.25, 0.3) is 0 Å².